The number of hydrogen-bond acceptors (Lipinski definition) is 5. The van der Waals surface area contributed by atoms with Gasteiger partial charge in [0.1, 0.15) is 0 Å². The van der Waals surface area contributed by atoms with Crippen LogP contribution in [0.3, 0.4) is 0 Å². The molecule has 0 atom stereocenters. The van der Waals surface area contributed by atoms with Gasteiger partial charge in [0.25, 0.3) is 5.91 Å². The lowest BCUT2D eigenvalue weighted by molar-refractivity contribution is 0.0976. The molecule has 7 heteroatoms. The van der Waals surface area contributed by atoms with Crippen LogP contribution in [0.1, 0.15) is 35.7 Å². The number of hydrogen-bond donors (Lipinski definition) is 3. The molecule has 1 amide bonds. The van der Waals surface area contributed by atoms with Gasteiger partial charge in [-0.1, -0.05) is 32.0 Å². The second-order valence-corrected chi connectivity index (χ2v) is 6.11. The fourth-order valence-corrected chi connectivity index (χ4v) is 2.68. The molecule has 0 radical (unpaired) electrons. The molecule has 0 aliphatic carbocycles. The second-order valence-electron chi connectivity index (χ2n) is 6.11. The van der Waals surface area contributed by atoms with Crippen molar-refractivity contribution >= 4 is 17.6 Å². The van der Waals surface area contributed by atoms with Crippen molar-refractivity contribution in [2.45, 2.75) is 19.8 Å². The Hall–Kier alpha value is -3.22. The van der Waals surface area contributed by atoms with Gasteiger partial charge in [-0.2, -0.15) is 0 Å². The van der Waals surface area contributed by atoms with Gasteiger partial charge in [-0.25, -0.2) is 0 Å². The topological polar surface area (TPSA) is 92.7 Å². The Bertz CT molecular complexity index is 809. The van der Waals surface area contributed by atoms with Crippen LogP contribution in [0.4, 0.5) is 5.69 Å². The number of benzene rings is 2. The summed E-state index contributed by atoms with van der Waals surface area (Å²) in [5.74, 6) is 0.830. The first kappa shape index (κ1) is 20.1. The van der Waals surface area contributed by atoms with E-state index in [0.29, 0.717) is 17.2 Å². The first-order chi connectivity index (χ1) is 12.9. The van der Waals surface area contributed by atoms with Crippen LogP contribution in [0, 0.1) is 5.41 Å². The Kier molecular flexibility index (Phi) is 6.65. The molecule has 27 heavy (non-hydrogen) atoms. The quantitative estimate of drug-likeness (QED) is 0.533. The summed E-state index contributed by atoms with van der Waals surface area (Å²) in [6.07, 6.45) is 0. The average molecular weight is 371 g/mol. The Balaban J connectivity index is 2.19. The minimum atomic E-state index is -0.464. The third kappa shape index (κ3) is 4.69. The molecule has 0 aromatic heterocycles. The molecule has 0 heterocycles. The molecule has 2 aromatic rings. The van der Waals surface area contributed by atoms with Crippen molar-refractivity contribution in [2.24, 2.45) is 0 Å². The molecular formula is C20H25N3O4. The maximum absolute atomic E-state index is 12.6. The zero-order chi connectivity index (χ0) is 20.0. The lowest BCUT2D eigenvalue weighted by Gasteiger charge is -2.16. The largest absolute Gasteiger partial charge is 0.493 e. The summed E-state index contributed by atoms with van der Waals surface area (Å²) in [6.45, 7) is 4.14. The van der Waals surface area contributed by atoms with Gasteiger partial charge in [0.05, 0.1) is 21.3 Å². The molecule has 3 N–H and O–H groups in total. The van der Waals surface area contributed by atoms with Crippen LogP contribution in [0.15, 0.2) is 36.4 Å². The minimum absolute atomic E-state index is 0.123. The van der Waals surface area contributed by atoms with Crippen LogP contribution in [-0.4, -0.2) is 33.2 Å². The van der Waals surface area contributed by atoms with Gasteiger partial charge in [0.2, 0.25) is 5.75 Å². The van der Waals surface area contributed by atoms with E-state index in [2.05, 4.69) is 24.5 Å². The SMILES string of the molecule is COc1cc(C(=O)NC(=N)Nc2ccccc2C(C)C)cc(OC)c1OC. The van der Waals surface area contributed by atoms with Crippen molar-refractivity contribution in [3.05, 3.63) is 47.5 Å². The number of rotatable bonds is 6. The summed E-state index contributed by atoms with van der Waals surface area (Å²) in [4.78, 5) is 12.6. The lowest BCUT2D eigenvalue weighted by atomic mass is 10.0. The zero-order valence-electron chi connectivity index (χ0n) is 16.2. The minimum Gasteiger partial charge on any atom is -0.493 e. The third-order valence-corrected chi connectivity index (χ3v) is 4.01. The number of ether oxygens (including phenoxy) is 3. The summed E-state index contributed by atoms with van der Waals surface area (Å²) >= 11 is 0. The number of methoxy groups -OCH3 is 3. The number of amides is 1. The third-order valence-electron chi connectivity index (χ3n) is 4.01. The summed E-state index contributed by atoms with van der Waals surface area (Å²) < 4.78 is 15.8. The Labute approximate surface area is 159 Å². The van der Waals surface area contributed by atoms with Gasteiger partial charge in [-0.15, -0.1) is 0 Å². The van der Waals surface area contributed by atoms with Gasteiger partial charge in [0, 0.05) is 11.3 Å². The highest BCUT2D eigenvalue weighted by Crippen LogP contribution is 2.38. The van der Waals surface area contributed by atoms with Crippen LogP contribution in [-0.2, 0) is 0 Å². The van der Waals surface area contributed by atoms with E-state index in [-0.39, 0.29) is 17.4 Å². The summed E-state index contributed by atoms with van der Waals surface area (Å²) in [5.41, 5.74) is 2.13. The molecular weight excluding hydrogens is 346 g/mol. The van der Waals surface area contributed by atoms with Crippen molar-refractivity contribution in [2.75, 3.05) is 26.6 Å². The van der Waals surface area contributed by atoms with E-state index in [1.807, 2.05) is 24.3 Å². The molecule has 144 valence electrons. The normalized spacial score (nSPS) is 10.3. The molecule has 7 nitrogen and oxygen atoms in total. The van der Waals surface area contributed by atoms with Gasteiger partial charge in [-0.05, 0) is 29.7 Å². The number of para-hydroxylation sites is 1. The van der Waals surface area contributed by atoms with E-state index in [0.717, 1.165) is 11.3 Å². The average Bonchev–Trinajstić information content (AvgIpc) is 2.66. The number of nitrogens with one attached hydrogen (secondary N) is 3. The van der Waals surface area contributed by atoms with E-state index in [1.54, 1.807) is 0 Å². The highest BCUT2D eigenvalue weighted by Gasteiger charge is 2.18. The predicted octanol–water partition coefficient (Wildman–Crippen LogP) is 3.61. The molecule has 0 bridgehead atoms. The molecule has 2 rings (SSSR count). The Morgan fingerprint density at radius 3 is 2.11 bits per heavy atom. The number of carbonyl (C=O) groups is 1. The van der Waals surface area contributed by atoms with E-state index in [1.165, 1.54) is 33.5 Å². The lowest BCUT2D eigenvalue weighted by Crippen LogP contribution is -2.35. The first-order valence-corrected chi connectivity index (χ1v) is 8.47. The summed E-state index contributed by atoms with van der Waals surface area (Å²) in [7, 11) is 4.45. The predicted molar refractivity (Wildman–Crippen MR) is 105 cm³/mol. The van der Waals surface area contributed by atoms with Crippen LogP contribution in [0.2, 0.25) is 0 Å². The van der Waals surface area contributed by atoms with Crippen LogP contribution >= 0.6 is 0 Å². The van der Waals surface area contributed by atoms with Crippen molar-refractivity contribution in [1.82, 2.24) is 5.32 Å². The zero-order valence-corrected chi connectivity index (χ0v) is 16.2. The number of guanidine groups is 1. The molecule has 0 saturated carbocycles. The van der Waals surface area contributed by atoms with Crippen LogP contribution in [0.25, 0.3) is 0 Å². The van der Waals surface area contributed by atoms with Gasteiger partial charge >= 0.3 is 0 Å². The Morgan fingerprint density at radius 1 is 1.00 bits per heavy atom. The molecule has 0 fully saturated rings. The molecule has 2 aromatic carbocycles. The smallest absolute Gasteiger partial charge is 0.258 e. The maximum atomic E-state index is 12.6. The monoisotopic (exact) mass is 371 g/mol. The molecule has 0 aliphatic heterocycles. The van der Waals surface area contributed by atoms with Crippen LogP contribution < -0.4 is 24.8 Å². The fourth-order valence-electron chi connectivity index (χ4n) is 2.68. The van der Waals surface area contributed by atoms with Crippen molar-refractivity contribution < 1.29 is 19.0 Å². The van der Waals surface area contributed by atoms with Crippen molar-refractivity contribution in [3.8, 4) is 17.2 Å². The van der Waals surface area contributed by atoms with Crippen LogP contribution in [0.5, 0.6) is 17.2 Å². The van der Waals surface area contributed by atoms with E-state index in [9.17, 15) is 4.79 Å². The van der Waals surface area contributed by atoms with E-state index < -0.39 is 5.91 Å². The first-order valence-electron chi connectivity index (χ1n) is 8.47. The standard InChI is InChI=1S/C20H25N3O4/c1-12(2)14-8-6-7-9-15(14)22-20(21)23-19(24)13-10-16(25-3)18(27-5)17(11-13)26-4/h6-12H,1-5H3,(H3,21,22,23,24). The van der Waals surface area contributed by atoms with Crippen molar-refractivity contribution in [1.29, 1.82) is 5.41 Å². The molecule has 0 unspecified atom stereocenters. The highest BCUT2D eigenvalue weighted by molar-refractivity contribution is 6.09. The highest BCUT2D eigenvalue weighted by atomic mass is 16.5. The van der Waals surface area contributed by atoms with Crippen molar-refractivity contribution in [3.63, 3.8) is 0 Å². The fraction of sp³-hybridized carbons (Fsp3) is 0.300. The summed E-state index contributed by atoms with van der Waals surface area (Å²) in [6, 6.07) is 10.7. The molecule has 0 spiro atoms. The van der Waals surface area contributed by atoms with Gasteiger partial charge < -0.3 is 19.5 Å². The second kappa shape index (κ2) is 8.93. The number of carbonyl (C=O) groups excluding carboxylic acids is 1. The summed E-state index contributed by atoms with van der Waals surface area (Å²) in [5, 5.41) is 13.6. The maximum Gasteiger partial charge on any atom is 0.258 e. The molecule has 0 aliphatic rings. The number of anilines is 1. The molecule has 0 saturated heterocycles. The Morgan fingerprint density at radius 2 is 1.59 bits per heavy atom. The van der Waals surface area contributed by atoms with E-state index >= 15 is 0 Å². The van der Waals surface area contributed by atoms with E-state index in [4.69, 9.17) is 19.6 Å². The van der Waals surface area contributed by atoms with Gasteiger partial charge in [-0.3, -0.25) is 15.5 Å². The van der Waals surface area contributed by atoms with Gasteiger partial charge in [0.15, 0.2) is 17.5 Å².